The normalized spacial score (nSPS) is 30.4. The van der Waals surface area contributed by atoms with Crippen molar-refractivity contribution in [2.45, 2.75) is 30.7 Å². The third-order valence-corrected chi connectivity index (χ3v) is 7.97. The van der Waals surface area contributed by atoms with Crippen molar-refractivity contribution in [2.24, 2.45) is 11.8 Å². The highest BCUT2D eigenvalue weighted by atomic mass is 19.1. The number of hydrogen-bond acceptors (Lipinski definition) is 1. The third-order valence-electron chi connectivity index (χ3n) is 7.97. The van der Waals surface area contributed by atoms with Crippen LogP contribution in [-0.2, 0) is 0 Å². The van der Waals surface area contributed by atoms with Crippen LogP contribution < -0.4 is 4.90 Å². The number of anilines is 1. The number of rotatable bonds is 1. The SMILES string of the molecule is Fc1ccccc1[C@@H]1[C@@H]2CC=C[C@@H]2c2c3c(cc4ccccc24)[C@@H]2C=CC[C@H]2CN31. The summed E-state index contributed by atoms with van der Waals surface area (Å²) in [5.74, 6) is 1.76. The molecule has 0 amide bonds. The largest absolute Gasteiger partial charge is 0.363 e. The van der Waals surface area contributed by atoms with E-state index in [0.717, 1.165) is 24.9 Å². The van der Waals surface area contributed by atoms with Crippen molar-refractivity contribution >= 4 is 16.5 Å². The van der Waals surface area contributed by atoms with E-state index in [9.17, 15) is 0 Å². The van der Waals surface area contributed by atoms with Crippen molar-refractivity contribution in [3.8, 4) is 0 Å². The van der Waals surface area contributed by atoms with Crippen molar-refractivity contribution in [3.05, 3.63) is 101 Å². The van der Waals surface area contributed by atoms with Gasteiger partial charge in [-0.1, -0.05) is 66.8 Å². The van der Waals surface area contributed by atoms with Gasteiger partial charge in [0.25, 0.3) is 0 Å². The summed E-state index contributed by atoms with van der Waals surface area (Å²) in [6.45, 7) is 1.01. The van der Waals surface area contributed by atoms with Gasteiger partial charge in [-0.25, -0.2) is 4.39 Å². The maximum Gasteiger partial charge on any atom is 0.128 e. The molecule has 0 unspecified atom stereocenters. The van der Waals surface area contributed by atoms with Gasteiger partial charge in [-0.05, 0) is 58.7 Å². The van der Waals surface area contributed by atoms with E-state index >= 15 is 4.39 Å². The van der Waals surface area contributed by atoms with Crippen LogP contribution in [0.3, 0.4) is 0 Å². The second-order valence-electron chi connectivity index (χ2n) is 9.37. The summed E-state index contributed by atoms with van der Waals surface area (Å²) in [5.41, 5.74) is 5.19. The highest BCUT2D eigenvalue weighted by molar-refractivity contribution is 5.94. The monoisotopic (exact) mass is 393 g/mol. The zero-order valence-corrected chi connectivity index (χ0v) is 16.8. The Kier molecular flexibility index (Phi) is 3.42. The molecule has 3 aromatic rings. The van der Waals surface area contributed by atoms with Gasteiger partial charge in [0.2, 0.25) is 0 Å². The van der Waals surface area contributed by atoms with Gasteiger partial charge in [0, 0.05) is 29.6 Å². The van der Waals surface area contributed by atoms with Crippen molar-refractivity contribution in [3.63, 3.8) is 0 Å². The molecule has 7 rings (SSSR count). The molecule has 4 aliphatic rings. The van der Waals surface area contributed by atoms with Crippen molar-refractivity contribution in [1.82, 2.24) is 0 Å². The average molecular weight is 394 g/mol. The van der Waals surface area contributed by atoms with Gasteiger partial charge in [0.05, 0.1) is 6.04 Å². The van der Waals surface area contributed by atoms with Gasteiger partial charge in [-0.2, -0.15) is 0 Å². The van der Waals surface area contributed by atoms with Crippen LogP contribution in [0, 0.1) is 17.7 Å². The maximum absolute atomic E-state index is 15.1. The summed E-state index contributed by atoms with van der Waals surface area (Å²) in [6.07, 6.45) is 11.6. The molecular weight excluding hydrogens is 369 g/mol. The minimum Gasteiger partial charge on any atom is -0.363 e. The molecular formula is C28H24FN. The lowest BCUT2D eigenvalue weighted by atomic mass is 9.69. The number of fused-ring (bicyclic) bond motifs is 6. The lowest BCUT2D eigenvalue weighted by Crippen LogP contribution is -2.46. The number of nitrogens with zero attached hydrogens (tertiary/aromatic N) is 1. The van der Waals surface area contributed by atoms with E-state index < -0.39 is 0 Å². The molecule has 0 radical (unpaired) electrons. The Hall–Kier alpha value is -2.87. The molecule has 0 N–H and O–H groups in total. The molecule has 148 valence electrons. The standard InChI is InChI=1S/C28H24FN/c29-25-14-4-3-10-23(25)27-22-13-6-12-21(22)26-20-9-2-1-7-17(20)15-24-19-11-5-8-18(19)16-30(27)28(24)26/h1-7,9-12,14-15,18-19,21-22,27H,8,13,16H2/t18-,19+,21-,22+,27-/m0/s1. The predicted octanol–water partition coefficient (Wildman–Crippen LogP) is 6.87. The second-order valence-corrected chi connectivity index (χ2v) is 9.37. The fourth-order valence-corrected chi connectivity index (χ4v) is 6.80. The van der Waals surface area contributed by atoms with Crippen LogP contribution in [0.4, 0.5) is 10.1 Å². The van der Waals surface area contributed by atoms with Crippen molar-refractivity contribution in [1.29, 1.82) is 0 Å². The summed E-state index contributed by atoms with van der Waals surface area (Å²) in [6, 6.07) is 18.8. The van der Waals surface area contributed by atoms with Crippen molar-refractivity contribution in [2.75, 3.05) is 11.4 Å². The molecule has 0 spiro atoms. The molecule has 1 nitrogen and oxygen atoms in total. The minimum atomic E-state index is -0.0643. The lowest BCUT2D eigenvalue weighted by Gasteiger charge is -2.51. The van der Waals surface area contributed by atoms with E-state index in [1.165, 1.54) is 27.6 Å². The Morgan fingerprint density at radius 1 is 0.833 bits per heavy atom. The zero-order valence-electron chi connectivity index (χ0n) is 16.8. The van der Waals surface area contributed by atoms with Crippen LogP contribution in [0.25, 0.3) is 10.8 Å². The first-order chi connectivity index (χ1) is 14.8. The fourth-order valence-electron chi connectivity index (χ4n) is 6.80. The summed E-state index contributed by atoms with van der Waals surface area (Å²) in [5, 5.41) is 2.71. The minimum absolute atomic E-state index is 0.0643. The Morgan fingerprint density at radius 2 is 1.63 bits per heavy atom. The molecule has 0 fully saturated rings. The predicted molar refractivity (Wildman–Crippen MR) is 120 cm³/mol. The Morgan fingerprint density at radius 3 is 2.57 bits per heavy atom. The molecule has 0 aromatic heterocycles. The Bertz CT molecular complexity index is 1240. The zero-order chi connectivity index (χ0) is 19.8. The van der Waals surface area contributed by atoms with Crippen LogP contribution in [-0.4, -0.2) is 6.54 Å². The molecule has 0 saturated heterocycles. The first-order valence-corrected chi connectivity index (χ1v) is 11.2. The van der Waals surface area contributed by atoms with Gasteiger partial charge in [-0.15, -0.1) is 0 Å². The molecule has 0 saturated carbocycles. The van der Waals surface area contributed by atoms with E-state index in [1.54, 1.807) is 6.07 Å². The van der Waals surface area contributed by atoms with Crippen LogP contribution in [0.2, 0.25) is 0 Å². The van der Waals surface area contributed by atoms with Gasteiger partial charge in [-0.3, -0.25) is 0 Å². The average Bonchev–Trinajstić information content (AvgIpc) is 3.44. The summed E-state index contributed by atoms with van der Waals surface area (Å²) >= 11 is 0. The van der Waals surface area contributed by atoms with E-state index in [-0.39, 0.29) is 11.9 Å². The van der Waals surface area contributed by atoms with Gasteiger partial charge in [0.15, 0.2) is 0 Å². The first kappa shape index (κ1) is 16.9. The molecule has 30 heavy (non-hydrogen) atoms. The first-order valence-electron chi connectivity index (χ1n) is 11.2. The van der Waals surface area contributed by atoms with Gasteiger partial charge < -0.3 is 4.90 Å². The lowest BCUT2D eigenvalue weighted by molar-refractivity contribution is 0.329. The summed E-state index contributed by atoms with van der Waals surface area (Å²) < 4.78 is 15.1. The van der Waals surface area contributed by atoms with Crippen LogP contribution in [0.1, 0.15) is 47.4 Å². The van der Waals surface area contributed by atoms with Gasteiger partial charge >= 0.3 is 0 Å². The Labute approximate surface area is 176 Å². The van der Waals surface area contributed by atoms with Crippen molar-refractivity contribution < 1.29 is 4.39 Å². The topological polar surface area (TPSA) is 3.24 Å². The Balaban J connectivity index is 1.56. The maximum atomic E-state index is 15.1. The van der Waals surface area contributed by atoms with Crippen LogP contribution in [0.5, 0.6) is 0 Å². The molecule has 2 aliphatic carbocycles. The summed E-state index contributed by atoms with van der Waals surface area (Å²) in [7, 11) is 0. The summed E-state index contributed by atoms with van der Waals surface area (Å²) in [4.78, 5) is 2.60. The highest BCUT2D eigenvalue weighted by Crippen LogP contribution is 2.60. The van der Waals surface area contributed by atoms with E-state index in [0.29, 0.717) is 23.7 Å². The van der Waals surface area contributed by atoms with Crippen LogP contribution >= 0.6 is 0 Å². The van der Waals surface area contributed by atoms with E-state index in [1.807, 2.05) is 18.2 Å². The highest BCUT2D eigenvalue weighted by Gasteiger charge is 2.48. The van der Waals surface area contributed by atoms with E-state index in [4.69, 9.17) is 0 Å². The molecule has 2 aliphatic heterocycles. The quantitative estimate of drug-likeness (QED) is 0.408. The van der Waals surface area contributed by atoms with Gasteiger partial charge in [0.1, 0.15) is 5.82 Å². The molecule has 2 heteroatoms. The van der Waals surface area contributed by atoms with Crippen LogP contribution in [0.15, 0.2) is 78.9 Å². The molecule has 5 atom stereocenters. The number of halogens is 1. The van der Waals surface area contributed by atoms with E-state index in [2.05, 4.69) is 59.5 Å². The molecule has 3 aromatic carbocycles. The number of benzene rings is 3. The smallest absolute Gasteiger partial charge is 0.128 e. The second kappa shape index (κ2) is 6.07. The number of allylic oxidation sites excluding steroid dienone is 4. The molecule has 2 heterocycles. The fraction of sp³-hybridized carbons (Fsp3) is 0.286. The number of hydrogen-bond donors (Lipinski definition) is 0. The third kappa shape index (κ3) is 2.12. The molecule has 0 bridgehead atoms.